The van der Waals surface area contributed by atoms with Gasteiger partial charge in [0.25, 0.3) is 0 Å². The molecule has 0 amide bonds. The Kier molecular flexibility index (Phi) is 9.43. The number of nitrogens with zero attached hydrogens (tertiary/aromatic N) is 2. The second kappa shape index (κ2) is 12.7. The highest BCUT2D eigenvalue weighted by Crippen LogP contribution is 2.35. The lowest BCUT2D eigenvalue weighted by Gasteiger charge is -2.39. The zero-order valence-electron chi connectivity index (χ0n) is 20.1. The number of fused-ring (bicyclic) bond motifs is 1. The van der Waals surface area contributed by atoms with Crippen LogP contribution in [0.25, 0.3) is 10.9 Å². The van der Waals surface area contributed by atoms with Crippen molar-refractivity contribution in [1.29, 1.82) is 0 Å². The van der Waals surface area contributed by atoms with E-state index in [9.17, 15) is 15.0 Å². The largest absolute Gasteiger partial charge is 0.497 e. The van der Waals surface area contributed by atoms with Crippen molar-refractivity contribution in [2.24, 2.45) is 11.8 Å². The summed E-state index contributed by atoms with van der Waals surface area (Å²) in [5, 5.41) is 25.6. The number of aromatic nitrogens is 1. The first-order valence-corrected chi connectivity index (χ1v) is 14.2. The number of methoxy groups -OCH3 is 1. The number of rotatable bonds is 12. The third-order valence-corrected chi connectivity index (χ3v) is 8.83. The van der Waals surface area contributed by atoms with Gasteiger partial charge in [-0.25, -0.2) is 0 Å². The summed E-state index contributed by atoms with van der Waals surface area (Å²) in [7, 11) is 1.64. The molecule has 0 saturated carbocycles. The minimum atomic E-state index is -0.730. The molecule has 0 radical (unpaired) electrons. The van der Waals surface area contributed by atoms with Crippen LogP contribution in [0.5, 0.6) is 5.75 Å². The predicted molar refractivity (Wildman–Crippen MR) is 142 cm³/mol. The summed E-state index contributed by atoms with van der Waals surface area (Å²) in [5.41, 5.74) is 1.72. The molecular weight excluding hydrogens is 480 g/mol. The number of likely N-dealkylation sites (tertiary alicyclic amines) is 1. The molecule has 0 spiro atoms. The zero-order chi connectivity index (χ0) is 24.6. The van der Waals surface area contributed by atoms with Gasteiger partial charge in [0.2, 0.25) is 0 Å². The highest BCUT2D eigenvalue weighted by molar-refractivity contribution is 7.99. The lowest BCUT2D eigenvalue weighted by molar-refractivity contribution is -0.137. The Hall–Kier alpha value is -2.13. The molecule has 3 atom stereocenters. The smallest absolute Gasteiger partial charge is 0.303 e. The number of aliphatic carboxylic acids is 1. The Bertz CT molecular complexity index is 1090. The van der Waals surface area contributed by atoms with E-state index >= 15 is 0 Å². The minimum Gasteiger partial charge on any atom is -0.497 e. The number of hydrogen-bond acceptors (Lipinski definition) is 7. The number of carboxylic acid groups (broad SMARTS) is 1. The van der Waals surface area contributed by atoms with E-state index in [1.54, 1.807) is 24.6 Å². The van der Waals surface area contributed by atoms with Gasteiger partial charge in [-0.05, 0) is 85.3 Å². The lowest BCUT2D eigenvalue weighted by Crippen LogP contribution is -2.41. The number of carbonyl (C=O) groups is 1. The van der Waals surface area contributed by atoms with Crippen LogP contribution in [0.3, 0.4) is 0 Å². The van der Waals surface area contributed by atoms with Crippen LogP contribution in [0.1, 0.15) is 43.8 Å². The summed E-state index contributed by atoms with van der Waals surface area (Å²) in [6.45, 7) is 2.99. The molecule has 1 fully saturated rings. The topological polar surface area (TPSA) is 82.9 Å². The molecule has 1 aliphatic rings. The number of ether oxygens (including phenoxy) is 1. The van der Waals surface area contributed by atoms with Gasteiger partial charge < -0.3 is 19.8 Å². The summed E-state index contributed by atoms with van der Waals surface area (Å²) in [5.74, 6) is 1.83. The highest BCUT2D eigenvalue weighted by Gasteiger charge is 2.30. The van der Waals surface area contributed by atoms with Gasteiger partial charge in [-0.1, -0.05) is 0 Å². The first kappa shape index (κ1) is 25.9. The molecule has 1 saturated heterocycles. The van der Waals surface area contributed by atoms with E-state index in [1.165, 1.54) is 4.90 Å². The normalized spacial score (nSPS) is 19.6. The number of pyridine rings is 1. The number of aliphatic hydroxyl groups is 1. The van der Waals surface area contributed by atoms with Gasteiger partial charge in [0.1, 0.15) is 5.75 Å². The van der Waals surface area contributed by atoms with Crippen LogP contribution < -0.4 is 4.74 Å². The number of thioether (sulfide) groups is 1. The van der Waals surface area contributed by atoms with Gasteiger partial charge in [-0.15, -0.1) is 11.8 Å². The van der Waals surface area contributed by atoms with E-state index in [-0.39, 0.29) is 6.42 Å². The molecule has 3 heterocycles. The van der Waals surface area contributed by atoms with Crippen molar-refractivity contribution in [2.75, 3.05) is 32.5 Å². The monoisotopic (exact) mass is 514 g/mol. The van der Waals surface area contributed by atoms with Gasteiger partial charge in [0.15, 0.2) is 0 Å². The zero-order valence-corrected chi connectivity index (χ0v) is 21.8. The minimum absolute atomic E-state index is 0.204. The van der Waals surface area contributed by atoms with E-state index in [1.807, 2.05) is 36.0 Å². The molecule has 0 aliphatic carbocycles. The molecule has 0 bridgehead atoms. The van der Waals surface area contributed by atoms with Crippen LogP contribution in [0.15, 0.2) is 52.2 Å². The Morgan fingerprint density at radius 3 is 2.94 bits per heavy atom. The molecule has 1 aliphatic heterocycles. The number of hydrogen-bond donors (Lipinski definition) is 2. The van der Waals surface area contributed by atoms with Crippen LogP contribution in [0.2, 0.25) is 0 Å². The van der Waals surface area contributed by atoms with Crippen molar-refractivity contribution in [3.63, 3.8) is 0 Å². The van der Waals surface area contributed by atoms with Crippen molar-refractivity contribution in [3.05, 3.63) is 52.9 Å². The number of aliphatic hydroxyl groups excluding tert-OH is 1. The van der Waals surface area contributed by atoms with E-state index < -0.39 is 12.1 Å². The first-order chi connectivity index (χ1) is 17.0. The van der Waals surface area contributed by atoms with Crippen LogP contribution in [-0.4, -0.2) is 58.6 Å². The average molecular weight is 515 g/mol. The van der Waals surface area contributed by atoms with Crippen molar-refractivity contribution >= 4 is 40.0 Å². The molecule has 2 aromatic heterocycles. The molecule has 35 heavy (non-hydrogen) atoms. The second-order valence-corrected chi connectivity index (χ2v) is 11.2. The van der Waals surface area contributed by atoms with Gasteiger partial charge in [-0.2, -0.15) is 11.3 Å². The highest BCUT2D eigenvalue weighted by atomic mass is 32.2. The van der Waals surface area contributed by atoms with Crippen molar-refractivity contribution in [3.8, 4) is 5.75 Å². The summed E-state index contributed by atoms with van der Waals surface area (Å²) < 4.78 is 5.37. The Morgan fingerprint density at radius 2 is 2.17 bits per heavy atom. The molecule has 1 aromatic carbocycles. The van der Waals surface area contributed by atoms with Gasteiger partial charge in [-0.3, -0.25) is 9.78 Å². The molecule has 2 N–H and O–H groups in total. The Labute approximate surface area is 215 Å². The molecule has 6 nitrogen and oxygen atoms in total. The lowest BCUT2D eigenvalue weighted by atomic mass is 9.79. The summed E-state index contributed by atoms with van der Waals surface area (Å²) in [6.07, 6.45) is 4.64. The number of thiophene rings is 1. The van der Waals surface area contributed by atoms with Crippen molar-refractivity contribution < 1.29 is 19.7 Å². The van der Waals surface area contributed by atoms with Gasteiger partial charge in [0.05, 0.1) is 18.7 Å². The SMILES string of the molecule is COc1ccc2nccc([C@H](O)CC[C@@H]3CCN(CCSc4ccsc4)C[C@H]3CCC(=O)O)c2c1. The van der Waals surface area contributed by atoms with Crippen molar-refractivity contribution in [2.45, 2.75) is 43.1 Å². The fourth-order valence-corrected chi connectivity index (χ4v) is 6.88. The van der Waals surface area contributed by atoms with Crippen LogP contribution >= 0.6 is 23.1 Å². The third kappa shape index (κ3) is 7.19. The second-order valence-electron chi connectivity index (χ2n) is 9.23. The van der Waals surface area contributed by atoms with Crippen LogP contribution in [0, 0.1) is 11.8 Å². The van der Waals surface area contributed by atoms with Gasteiger partial charge >= 0.3 is 5.97 Å². The summed E-state index contributed by atoms with van der Waals surface area (Å²) in [6, 6.07) is 9.78. The average Bonchev–Trinajstić information content (AvgIpc) is 3.39. The Balaban J connectivity index is 1.36. The van der Waals surface area contributed by atoms with Gasteiger partial charge in [0, 0.05) is 47.1 Å². The predicted octanol–water partition coefficient (Wildman–Crippen LogP) is 5.71. The fourth-order valence-electron chi connectivity index (χ4n) is 5.09. The summed E-state index contributed by atoms with van der Waals surface area (Å²) in [4.78, 5) is 19.5. The fraction of sp³-hybridized carbons (Fsp3) is 0.481. The number of carboxylic acids is 1. The van der Waals surface area contributed by atoms with Crippen molar-refractivity contribution in [1.82, 2.24) is 9.88 Å². The quantitative estimate of drug-likeness (QED) is 0.299. The molecule has 8 heteroatoms. The molecule has 4 rings (SSSR count). The van der Waals surface area contributed by atoms with Crippen LogP contribution in [-0.2, 0) is 4.79 Å². The molecule has 3 aromatic rings. The van der Waals surface area contributed by atoms with E-state index in [2.05, 4.69) is 26.7 Å². The Morgan fingerprint density at radius 1 is 1.29 bits per heavy atom. The van der Waals surface area contributed by atoms with E-state index in [0.29, 0.717) is 24.7 Å². The maximum Gasteiger partial charge on any atom is 0.303 e. The van der Waals surface area contributed by atoms with E-state index in [0.717, 1.165) is 60.4 Å². The van der Waals surface area contributed by atoms with E-state index in [4.69, 9.17) is 4.74 Å². The molecule has 0 unspecified atom stereocenters. The maximum atomic E-state index is 11.3. The third-order valence-electron chi connectivity index (χ3n) is 7.03. The van der Waals surface area contributed by atoms with Crippen LogP contribution in [0.4, 0.5) is 0 Å². The standard InChI is InChI=1S/C27H34N2O4S2/c1-33-21-4-5-25-24(16-21)23(8-11-28-25)26(30)6-2-19-9-12-29(17-20(19)3-7-27(31)32)13-15-35-22-10-14-34-18-22/h4-5,8,10-11,14,16,18-20,26,30H,2-3,6-7,9,12-13,15,17H2,1H3,(H,31,32)/t19-,20-,26-/m1/s1. The summed E-state index contributed by atoms with van der Waals surface area (Å²) >= 11 is 3.61. The number of benzene rings is 1. The first-order valence-electron chi connectivity index (χ1n) is 12.2. The maximum absolute atomic E-state index is 11.3. The number of piperidine rings is 1. The molecular formula is C27H34N2O4S2. The molecule has 188 valence electrons.